The number of nitrogens with zero attached hydrogens (tertiary/aromatic N) is 3. The minimum absolute atomic E-state index is 0.277. The average Bonchev–Trinajstić information content (AvgIpc) is 2.46. The van der Waals surface area contributed by atoms with Crippen LogP contribution in [0, 0.1) is 11.8 Å². The van der Waals surface area contributed by atoms with E-state index in [2.05, 4.69) is 28.1 Å². The topological polar surface area (TPSA) is 66.3 Å². The molecule has 0 spiro atoms. The van der Waals surface area contributed by atoms with E-state index in [0.29, 0.717) is 12.5 Å². The van der Waals surface area contributed by atoms with E-state index in [-0.39, 0.29) is 5.92 Å². The van der Waals surface area contributed by atoms with Crippen molar-refractivity contribution in [2.75, 3.05) is 18.0 Å². The lowest BCUT2D eigenvalue weighted by atomic mass is 9.88. The molecule has 1 aliphatic heterocycles. The number of fused-ring (bicyclic) bond motifs is 1. The van der Waals surface area contributed by atoms with E-state index in [9.17, 15) is 4.79 Å². The van der Waals surface area contributed by atoms with Crippen LogP contribution in [0.3, 0.4) is 0 Å². The molecule has 5 heteroatoms. The van der Waals surface area contributed by atoms with Gasteiger partial charge >= 0.3 is 5.97 Å². The molecule has 5 nitrogen and oxygen atoms in total. The summed E-state index contributed by atoms with van der Waals surface area (Å²) >= 11 is 0. The third-order valence-electron chi connectivity index (χ3n) is 4.48. The summed E-state index contributed by atoms with van der Waals surface area (Å²) in [6.45, 7) is 3.70. The standard InChI is InChI=1S/C15H21N3O2/c1-10-4-5-13-12(7-10)8-14(17-16-13)18-6-2-3-11(9-18)15(19)20/h8,10-11H,2-7,9H2,1H3,(H,19,20). The fourth-order valence-corrected chi connectivity index (χ4v) is 3.23. The highest BCUT2D eigenvalue weighted by atomic mass is 16.4. The van der Waals surface area contributed by atoms with Crippen molar-refractivity contribution in [1.82, 2.24) is 10.2 Å². The number of carboxylic acids is 1. The molecule has 0 radical (unpaired) electrons. The van der Waals surface area contributed by atoms with Gasteiger partial charge in [-0.15, -0.1) is 5.10 Å². The van der Waals surface area contributed by atoms with Crippen LogP contribution < -0.4 is 4.90 Å². The highest BCUT2D eigenvalue weighted by Gasteiger charge is 2.27. The van der Waals surface area contributed by atoms with Crippen LogP contribution >= 0.6 is 0 Å². The van der Waals surface area contributed by atoms with Crippen molar-refractivity contribution in [2.24, 2.45) is 11.8 Å². The summed E-state index contributed by atoms with van der Waals surface area (Å²) in [4.78, 5) is 13.2. The van der Waals surface area contributed by atoms with Crippen LogP contribution in [0.2, 0.25) is 0 Å². The van der Waals surface area contributed by atoms with Gasteiger partial charge in [-0.2, -0.15) is 5.10 Å². The summed E-state index contributed by atoms with van der Waals surface area (Å²) in [6, 6.07) is 2.13. The molecule has 108 valence electrons. The summed E-state index contributed by atoms with van der Waals surface area (Å²) in [6.07, 6.45) is 4.94. The lowest BCUT2D eigenvalue weighted by Gasteiger charge is -2.32. The molecule has 0 bridgehead atoms. The van der Waals surface area contributed by atoms with Gasteiger partial charge in [0.25, 0.3) is 0 Å². The Morgan fingerprint density at radius 1 is 1.40 bits per heavy atom. The Morgan fingerprint density at radius 2 is 2.25 bits per heavy atom. The van der Waals surface area contributed by atoms with E-state index in [1.165, 1.54) is 12.0 Å². The van der Waals surface area contributed by atoms with E-state index in [4.69, 9.17) is 5.11 Å². The number of anilines is 1. The molecule has 20 heavy (non-hydrogen) atoms. The minimum Gasteiger partial charge on any atom is -0.481 e. The Kier molecular flexibility index (Phi) is 3.59. The molecule has 1 aliphatic carbocycles. The smallest absolute Gasteiger partial charge is 0.308 e. The molecule has 1 saturated heterocycles. The van der Waals surface area contributed by atoms with Crippen molar-refractivity contribution < 1.29 is 9.90 Å². The maximum absolute atomic E-state index is 11.1. The van der Waals surface area contributed by atoms with E-state index in [1.54, 1.807) is 0 Å². The molecule has 1 N–H and O–H groups in total. The fraction of sp³-hybridized carbons (Fsp3) is 0.667. The molecule has 0 saturated carbocycles. The maximum atomic E-state index is 11.1. The van der Waals surface area contributed by atoms with Crippen LogP contribution in [-0.2, 0) is 17.6 Å². The molecule has 0 aromatic carbocycles. The molecule has 0 amide bonds. The van der Waals surface area contributed by atoms with Gasteiger partial charge in [0.15, 0.2) is 5.82 Å². The van der Waals surface area contributed by atoms with Gasteiger partial charge < -0.3 is 10.0 Å². The van der Waals surface area contributed by atoms with Crippen LogP contribution in [0.4, 0.5) is 5.82 Å². The van der Waals surface area contributed by atoms with Gasteiger partial charge in [0, 0.05) is 13.1 Å². The number of carbonyl (C=O) groups is 1. The highest BCUT2D eigenvalue weighted by molar-refractivity contribution is 5.71. The van der Waals surface area contributed by atoms with Crippen molar-refractivity contribution >= 4 is 11.8 Å². The average molecular weight is 275 g/mol. The number of piperidine rings is 1. The Bertz CT molecular complexity index is 518. The Labute approximate surface area is 119 Å². The van der Waals surface area contributed by atoms with E-state index < -0.39 is 5.97 Å². The van der Waals surface area contributed by atoms with Gasteiger partial charge in [0.05, 0.1) is 11.6 Å². The zero-order valence-corrected chi connectivity index (χ0v) is 11.9. The second kappa shape index (κ2) is 5.38. The van der Waals surface area contributed by atoms with E-state index in [1.807, 2.05) is 0 Å². The number of aromatic nitrogens is 2. The van der Waals surface area contributed by atoms with Gasteiger partial charge in [0.1, 0.15) is 0 Å². The molecule has 1 aromatic heterocycles. The van der Waals surface area contributed by atoms with Gasteiger partial charge in [0.2, 0.25) is 0 Å². The third kappa shape index (κ3) is 2.62. The molecule has 2 heterocycles. The SMILES string of the molecule is CC1CCc2nnc(N3CCCC(C(=O)O)C3)cc2C1. The molecule has 3 rings (SSSR count). The zero-order valence-electron chi connectivity index (χ0n) is 11.9. The summed E-state index contributed by atoms with van der Waals surface area (Å²) in [5.41, 5.74) is 2.42. The first-order valence-electron chi connectivity index (χ1n) is 7.46. The molecular weight excluding hydrogens is 254 g/mol. The Balaban J connectivity index is 1.80. The first kappa shape index (κ1) is 13.3. The number of hydrogen-bond acceptors (Lipinski definition) is 4. The number of hydrogen-bond donors (Lipinski definition) is 1. The minimum atomic E-state index is -0.700. The predicted molar refractivity (Wildman–Crippen MR) is 75.8 cm³/mol. The number of carboxylic acid groups (broad SMARTS) is 1. The third-order valence-corrected chi connectivity index (χ3v) is 4.48. The second-order valence-corrected chi connectivity index (χ2v) is 6.15. The molecule has 2 unspecified atom stereocenters. The van der Waals surface area contributed by atoms with Crippen molar-refractivity contribution in [3.63, 3.8) is 0 Å². The summed E-state index contributed by atoms with van der Waals surface area (Å²) in [5, 5.41) is 17.8. The number of aryl methyl sites for hydroxylation is 1. The van der Waals surface area contributed by atoms with Gasteiger partial charge in [-0.3, -0.25) is 4.79 Å². The van der Waals surface area contributed by atoms with Crippen LogP contribution in [0.1, 0.15) is 37.4 Å². The lowest BCUT2D eigenvalue weighted by Crippen LogP contribution is -2.39. The van der Waals surface area contributed by atoms with Crippen molar-refractivity contribution in [3.05, 3.63) is 17.3 Å². The first-order chi connectivity index (χ1) is 9.63. The van der Waals surface area contributed by atoms with Crippen LogP contribution in [-0.4, -0.2) is 34.4 Å². The molecule has 1 aromatic rings. The Hall–Kier alpha value is -1.65. The van der Waals surface area contributed by atoms with Gasteiger partial charge in [-0.05, 0) is 49.7 Å². The summed E-state index contributed by atoms with van der Waals surface area (Å²) in [5.74, 6) is 0.575. The molecular formula is C15H21N3O2. The van der Waals surface area contributed by atoms with Crippen LogP contribution in [0.25, 0.3) is 0 Å². The van der Waals surface area contributed by atoms with Crippen molar-refractivity contribution in [1.29, 1.82) is 0 Å². The largest absolute Gasteiger partial charge is 0.481 e. The van der Waals surface area contributed by atoms with Gasteiger partial charge in [-0.1, -0.05) is 6.92 Å². The summed E-state index contributed by atoms with van der Waals surface area (Å²) < 4.78 is 0. The fourth-order valence-electron chi connectivity index (χ4n) is 3.23. The highest BCUT2D eigenvalue weighted by Crippen LogP contribution is 2.27. The monoisotopic (exact) mass is 275 g/mol. The molecule has 1 fully saturated rings. The van der Waals surface area contributed by atoms with Crippen LogP contribution in [0.5, 0.6) is 0 Å². The predicted octanol–water partition coefficient (Wildman–Crippen LogP) is 1.90. The van der Waals surface area contributed by atoms with E-state index in [0.717, 1.165) is 43.7 Å². The van der Waals surface area contributed by atoms with Gasteiger partial charge in [-0.25, -0.2) is 0 Å². The summed E-state index contributed by atoms with van der Waals surface area (Å²) in [7, 11) is 0. The van der Waals surface area contributed by atoms with Crippen molar-refractivity contribution in [2.45, 2.75) is 39.0 Å². The lowest BCUT2D eigenvalue weighted by molar-refractivity contribution is -0.141. The number of aliphatic carboxylic acids is 1. The van der Waals surface area contributed by atoms with E-state index >= 15 is 0 Å². The Morgan fingerprint density at radius 3 is 3.05 bits per heavy atom. The quantitative estimate of drug-likeness (QED) is 0.893. The second-order valence-electron chi connectivity index (χ2n) is 6.15. The molecule has 2 atom stereocenters. The van der Waals surface area contributed by atoms with Crippen molar-refractivity contribution in [3.8, 4) is 0 Å². The zero-order chi connectivity index (χ0) is 14.1. The molecule has 2 aliphatic rings. The normalized spacial score (nSPS) is 26.1. The number of rotatable bonds is 2. The maximum Gasteiger partial charge on any atom is 0.308 e. The first-order valence-corrected chi connectivity index (χ1v) is 7.46. The van der Waals surface area contributed by atoms with Crippen LogP contribution in [0.15, 0.2) is 6.07 Å².